The van der Waals surface area contributed by atoms with Crippen LogP contribution in [0.2, 0.25) is 5.28 Å². The molecule has 2 rings (SSSR count). The van der Waals surface area contributed by atoms with Gasteiger partial charge in [-0.2, -0.15) is 15.0 Å². The molecule has 0 aliphatic carbocycles. The van der Waals surface area contributed by atoms with Crippen LogP contribution >= 0.6 is 11.6 Å². The molecule has 1 saturated heterocycles. The molecule has 1 aromatic heterocycles. The Morgan fingerprint density at radius 1 is 1.20 bits per heavy atom. The van der Waals surface area contributed by atoms with Crippen LogP contribution in [0.4, 0.5) is 5.95 Å². The van der Waals surface area contributed by atoms with Crippen molar-refractivity contribution in [2.75, 3.05) is 37.8 Å². The molecule has 1 aliphatic heterocycles. The summed E-state index contributed by atoms with van der Waals surface area (Å²) in [6, 6.07) is 0.288. The highest BCUT2D eigenvalue weighted by molar-refractivity contribution is 6.28. The normalized spacial score (nSPS) is 16.3. The number of morpholine rings is 1. The van der Waals surface area contributed by atoms with Gasteiger partial charge in [0.25, 0.3) is 0 Å². The average molecular weight is 301 g/mol. The molecule has 1 aromatic rings. The number of aromatic nitrogens is 3. The fraction of sp³-hybridized carbons (Fsp3) is 0.769. The largest absolute Gasteiger partial charge is 0.463 e. The van der Waals surface area contributed by atoms with Crippen LogP contribution in [0, 0.1) is 5.41 Å². The first-order valence-corrected chi connectivity index (χ1v) is 7.19. The van der Waals surface area contributed by atoms with E-state index in [2.05, 4.69) is 35.7 Å². The molecule has 112 valence electrons. The maximum absolute atomic E-state index is 5.94. The summed E-state index contributed by atoms with van der Waals surface area (Å²) in [7, 11) is 0. The van der Waals surface area contributed by atoms with Gasteiger partial charge in [-0.15, -0.1) is 0 Å². The number of ether oxygens (including phenoxy) is 2. The van der Waals surface area contributed by atoms with Gasteiger partial charge in [-0.3, -0.25) is 0 Å². The summed E-state index contributed by atoms with van der Waals surface area (Å²) in [6.07, 6.45) is 0.920. The molecule has 0 radical (unpaired) electrons. The van der Waals surface area contributed by atoms with Crippen molar-refractivity contribution in [3.63, 3.8) is 0 Å². The summed E-state index contributed by atoms with van der Waals surface area (Å²) in [6.45, 7) is 9.89. The number of rotatable bonds is 4. The second-order valence-electron chi connectivity index (χ2n) is 5.95. The lowest BCUT2D eigenvalue weighted by Gasteiger charge is -2.26. The molecule has 0 saturated carbocycles. The Hall–Kier alpha value is -1.14. The molecule has 1 fully saturated rings. The molecule has 0 aromatic carbocycles. The second-order valence-corrected chi connectivity index (χ2v) is 6.28. The highest BCUT2D eigenvalue weighted by atomic mass is 35.5. The topological polar surface area (TPSA) is 60.4 Å². The van der Waals surface area contributed by atoms with E-state index in [4.69, 9.17) is 21.1 Å². The van der Waals surface area contributed by atoms with Crippen LogP contribution in [0.15, 0.2) is 0 Å². The smallest absolute Gasteiger partial charge is 0.322 e. The number of hydrogen-bond acceptors (Lipinski definition) is 6. The Balaban J connectivity index is 2.00. The quantitative estimate of drug-likeness (QED) is 0.849. The molecule has 2 heterocycles. The number of anilines is 1. The third kappa shape index (κ3) is 4.76. The van der Waals surface area contributed by atoms with E-state index in [9.17, 15) is 0 Å². The van der Waals surface area contributed by atoms with Gasteiger partial charge in [0.05, 0.1) is 19.8 Å². The van der Waals surface area contributed by atoms with E-state index in [1.807, 2.05) is 4.90 Å². The lowest BCUT2D eigenvalue weighted by molar-refractivity contribution is 0.122. The number of hydrogen-bond donors (Lipinski definition) is 0. The third-order valence-corrected chi connectivity index (χ3v) is 3.12. The first-order chi connectivity index (χ1) is 9.44. The third-order valence-electron chi connectivity index (χ3n) is 2.95. The van der Waals surface area contributed by atoms with Gasteiger partial charge in [0.1, 0.15) is 0 Å². The SMILES string of the molecule is CC(C)(C)CCOc1nc(Cl)nc(N2CCOCC2)n1. The Labute approximate surface area is 124 Å². The zero-order chi connectivity index (χ0) is 14.6. The first kappa shape index (κ1) is 15.3. The fourth-order valence-corrected chi connectivity index (χ4v) is 1.89. The number of halogens is 1. The fourth-order valence-electron chi connectivity index (χ4n) is 1.74. The molecule has 0 atom stereocenters. The molecule has 7 heteroatoms. The van der Waals surface area contributed by atoms with Gasteiger partial charge in [0.15, 0.2) is 0 Å². The lowest BCUT2D eigenvalue weighted by Crippen LogP contribution is -2.37. The Kier molecular flexibility index (Phi) is 4.99. The van der Waals surface area contributed by atoms with E-state index in [-0.39, 0.29) is 16.7 Å². The van der Waals surface area contributed by atoms with Gasteiger partial charge in [-0.05, 0) is 23.4 Å². The summed E-state index contributed by atoms with van der Waals surface area (Å²) in [5.74, 6) is 0.555. The van der Waals surface area contributed by atoms with Gasteiger partial charge in [0.2, 0.25) is 11.2 Å². The van der Waals surface area contributed by atoms with Crippen molar-refractivity contribution in [1.29, 1.82) is 0 Å². The molecule has 0 amide bonds. The maximum Gasteiger partial charge on any atom is 0.322 e. The molecule has 0 bridgehead atoms. The zero-order valence-electron chi connectivity index (χ0n) is 12.2. The van der Waals surface area contributed by atoms with Crippen molar-refractivity contribution >= 4 is 17.5 Å². The minimum atomic E-state index is 0.159. The van der Waals surface area contributed by atoms with Crippen molar-refractivity contribution in [3.05, 3.63) is 5.28 Å². The number of nitrogens with zero attached hydrogens (tertiary/aromatic N) is 4. The maximum atomic E-state index is 5.94. The van der Waals surface area contributed by atoms with E-state index in [0.29, 0.717) is 25.8 Å². The van der Waals surface area contributed by atoms with E-state index >= 15 is 0 Å². The van der Waals surface area contributed by atoms with Crippen LogP contribution in [0.3, 0.4) is 0 Å². The summed E-state index contributed by atoms with van der Waals surface area (Å²) in [4.78, 5) is 14.5. The van der Waals surface area contributed by atoms with Gasteiger partial charge < -0.3 is 14.4 Å². The highest BCUT2D eigenvalue weighted by Gasteiger charge is 2.17. The molecule has 0 N–H and O–H groups in total. The highest BCUT2D eigenvalue weighted by Crippen LogP contribution is 2.20. The molecular formula is C13H21ClN4O2. The minimum absolute atomic E-state index is 0.159. The predicted molar refractivity (Wildman–Crippen MR) is 77.4 cm³/mol. The van der Waals surface area contributed by atoms with Crippen LogP contribution in [-0.2, 0) is 4.74 Å². The van der Waals surface area contributed by atoms with Gasteiger partial charge in [-0.25, -0.2) is 0 Å². The first-order valence-electron chi connectivity index (χ1n) is 6.81. The molecule has 0 spiro atoms. The summed E-state index contributed by atoms with van der Waals surface area (Å²) >= 11 is 5.94. The van der Waals surface area contributed by atoms with Crippen molar-refractivity contribution in [1.82, 2.24) is 15.0 Å². The van der Waals surface area contributed by atoms with Gasteiger partial charge in [-0.1, -0.05) is 20.8 Å². The molecule has 20 heavy (non-hydrogen) atoms. The van der Waals surface area contributed by atoms with Crippen LogP contribution in [0.25, 0.3) is 0 Å². The molecule has 1 aliphatic rings. The van der Waals surface area contributed by atoms with E-state index < -0.39 is 0 Å². The van der Waals surface area contributed by atoms with Crippen molar-refractivity contribution in [2.45, 2.75) is 27.2 Å². The summed E-state index contributed by atoms with van der Waals surface area (Å²) in [5.41, 5.74) is 0.212. The van der Waals surface area contributed by atoms with Crippen molar-refractivity contribution in [2.24, 2.45) is 5.41 Å². The minimum Gasteiger partial charge on any atom is -0.463 e. The van der Waals surface area contributed by atoms with Crippen LogP contribution < -0.4 is 9.64 Å². The van der Waals surface area contributed by atoms with Crippen LogP contribution in [0.1, 0.15) is 27.2 Å². The van der Waals surface area contributed by atoms with Crippen LogP contribution in [0.5, 0.6) is 6.01 Å². The predicted octanol–water partition coefficient (Wildman–Crippen LogP) is 2.18. The second kappa shape index (κ2) is 6.54. The Bertz CT molecular complexity index is 444. The van der Waals surface area contributed by atoms with E-state index in [1.165, 1.54) is 0 Å². The Morgan fingerprint density at radius 3 is 2.55 bits per heavy atom. The summed E-state index contributed by atoms with van der Waals surface area (Å²) < 4.78 is 10.9. The van der Waals surface area contributed by atoms with Gasteiger partial charge >= 0.3 is 6.01 Å². The zero-order valence-corrected chi connectivity index (χ0v) is 13.0. The molecule has 6 nitrogen and oxygen atoms in total. The van der Waals surface area contributed by atoms with Crippen molar-refractivity contribution < 1.29 is 9.47 Å². The average Bonchev–Trinajstić information content (AvgIpc) is 2.37. The van der Waals surface area contributed by atoms with Crippen LogP contribution in [-0.4, -0.2) is 47.9 Å². The molecule has 0 unspecified atom stereocenters. The standard InChI is InChI=1S/C13H21ClN4O2/c1-13(2,3)4-7-20-12-16-10(14)15-11(17-12)18-5-8-19-9-6-18/h4-9H2,1-3H3. The Morgan fingerprint density at radius 2 is 1.90 bits per heavy atom. The van der Waals surface area contributed by atoms with Crippen molar-refractivity contribution in [3.8, 4) is 6.01 Å². The monoisotopic (exact) mass is 300 g/mol. The van der Waals surface area contributed by atoms with Gasteiger partial charge in [0, 0.05) is 13.1 Å². The lowest BCUT2D eigenvalue weighted by atomic mass is 9.93. The van der Waals surface area contributed by atoms with E-state index in [0.717, 1.165) is 19.5 Å². The molecular weight excluding hydrogens is 280 g/mol. The van der Waals surface area contributed by atoms with E-state index in [1.54, 1.807) is 0 Å². The summed E-state index contributed by atoms with van der Waals surface area (Å²) in [5, 5.41) is 0.159.